The molecule has 0 atom stereocenters. The van der Waals surface area contributed by atoms with E-state index in [2.05, 4.69) is 9.97 Å². The fourth-order valence-corrected chi connectivity index (χ4v) is 2.41. The van der Waals surface area contributed by atoms with E-state index in [0.29, 0.717) is 18.8 Å². The van der Waals surface area contributed by atoms with Gasteiger partial charge in [0.2, 0.25) is 0 Å². The van der Waals surface area contributed by atoms with Gasteiger partial charge in [-0.3, -0.25) is 4.79 Å². The normalized spacial score (nSPS) is 13.9. The minimum atomic E-state index is -0.954. The van der Waals surface area contributed by atoms with E-state index >= 15 is 0 Å². The Morgan fingerprint density at radius 2 is 2.15 bits per heavy atom. The summed E-state index contributed by atoms with van der Waals surface area (Å²) >= 11 is 0. The Labute approximate surface area is 115 Å². The number of H-pyrrole nitrogens is 1. The molecule has 2 aromatic rings. The number of carbonyl (C=O) groups excluding carboxylic acids is 1. The Hall–Kier alpha value is -2.63. The number of fused-ring (bicyclic) bond motifs is 1. The first-order valence-corrected chi connectivity index (χ1v) is 6.28. The van der Waals surface area contributed by atoms with E-state index in [4.69, 9.17) is 5.11 Å². The van der Waals surface area contributed by atoms with Crippen molar-refractivity contribution in [2.24, 2.45) is 0 Å². The molecule has 1 aromatic carbocycles. The van der Waals surface area contributed by atoms with Crippen LogP contribution in [0.3, 0.4) is 0 Å². The lowest BCUT2D eigenvalue weighted by molar-refractivity contribution is 0.0696. The first kappa shape index (κ1) is 12.4. The second-order valence-corrected chi connectivity index (χ2v) is 4.73. The van der Waals surface area contributed by atoms with Crippen molar-refractivity contribution in [1.29, 1.82) is 0 Å². The van der Waals surface area contributed by atoms with E-state index in [-0.39, 0.29) is 11.5 Å². The van der Waals surface area contributed by atoms with Gasteiger partial charge in [-0.2, -0.15) is 0 Å². The van der Waals surface area contributed by atoms with Crippen LogP contribution in [0.1, 0.15) is 32.0 Å². The largest absolute Gasteiger partial charge is 0.478 e. The molecule has 1 aromatic heterocycles. The number of carbonyl (C=O) groups is 2. The van der Waals surface area contributed by atoms with E-state index in [0.717, 1.165) is 17.5 Å². The lowest BCUT2D eigenvalue weighted by Gasteiger charge is -2.28. The highest BCUT2D eigenvalue weighted by Gasteiger charge is 2.23. The average Bonchev–Trinajstić information content (AvgIpc) is 2.99. The van der Waals surface area contributed by atoms with Gasteiger partial charge < -0.3 is 15.0 Å². The number of imidazole rings is 1. The second-order valence-electron chi connectivity index (χ2n) is 4.73. The number of nitrogens with zero attached hydrogens (tertiary/aromatic N) is 2. The molecule has 1 amide bonds. The Kier molecular flexibility index (Phi) is 2.98. The smallest absolute Gasteiger partial charge is 0.335 e. The SMILES string of the molecule is O=C(O)c1ccc2c(c1)CN(C(=O)c1cnc[nH]1)CC2. The van der Waals surface area contributed by atoms with Crippen LogP contribution < -0.4 is 0 Å². The van der Waals surface area contributed by atoms with Gasteiger partial charge in [0.1, 0.15) is 5.69 Å². The number of amides is 1. The Balaban J connectivity index is 1.85. The van der Waals surface area contributed by atoms with Crippen LogP contribution in [0.4, 0.5) is 0 Å². The van der Waals surface area contributed by atoms with Gasteiger partial charge in [0.25, 0.3) is 5.91 Å². The van der Waals surface area contributed by atoms with Crippen LogP contribution in [0.5, 0.6) is 0 Å². The predicted octanol–water partition coefficient (Wildman–Crippen LogP) is 1.31. The fraction of sp³-hybridized carbons (Fsp3) is 0.214. The summed E-state index contributed by atoms with van der Waals surface area (Å²) in [4.78, 5) is 31.5. The van der Waals surface area contributed by atoms with E-state index in [1.165, 1.54) is 12.5 Å². The maximum absolute atomic E-state index is 12.2. The van der Waals surface area contributed by atoms with Gasteiger partial charge in [-0.25, -0.2) is 9.78 Å². The molecule has 2 N–H and O–H groups in total. The number of carboxylic acids is 1. The predicted molar refractivity (Wildman–Crippen MR) is 70.4 cm³/mol. The third kappa shape index (κ3) is 2.16. The molecular weight excluding hydrogens is 258 g/mol. The Morgan fingerprint density at radius 1 is 1.30 bits per heavy atom. The van der Waals surface area contributed by atoms with Gasteiger partial charge in [0.15, 0.2) is 0 Å². The standard InChI is InChI=1S/C14H13N3O3/c18-13(12-6-15-8-16-12)17-4-3-9-1-2-10(14(19)20)5-11(9)7-17/h1-2,5-6,8H,3-4,7H2,(H,15,16)(H,19,20). The average molecular weight is 271 g/mol. The molecule has 0 aliphatic carbocycles. The van der Waals surface area contributed by atoms with Gasteiger partial charge >= 0.3 is 5.97 Å². The highest BCUT2D eigenvalue weighted by Crippen LogP contribution is 2.21. The summed E-state index contributed by atoms with van der Waals surface area (Å²) in [6, 6.07) is 5.08. The number of benzene rings is 1. The molecule has 0 spiro atoms. The van der Waals surface area contributed by atoms with Crippen LogP contribution >= 0.6 is 0 Å². The monoisotopic (exact) mass is 271 g/mol. The lowest BCUT2D eigenvalue weighted by Crippen LogP contribution is -2.36. The van der Waals surface area contributed by atoms with Crippen LogP contribution in [-0.2, 0) is 13.0 Å². The molecule has 6 nitrogen and oxygen atoms in total. The molecule has 0 radical (unpaired) electrons. The van der Waals surface area contributed by atoms with E-state index in [1.807, 2.05) is 6.07 Å². The molecule has 1 aliphatic heterocycles. The third-order valence-corrected chi connectivity index (χ3v) is 3.48. The Morgan fingerprint density at radius 3 is 2.85 bits per heavy atom. The van der Waals surface area contributed by atoms with E-state index in [1.54, 1.807) is 17.0 Å². The van der Waals surface area contributed by atoms with Gasteiger partial charge in [0, 0.05) is 13.1 Å². The molecule has 1 aliphatic rings. The summed E-state index contributed by atoms with van der Waals surface area (Å²) < 4.78 is 0. The first-order valence-electron chi connectivity index (χ1n) is 6.28. The van der Waals surface area contributed by atoms with Crippen molar-refractivity contribution >= 4 is 11.9 Å². The van der Waals surface area contributed by atoms with Crippen molar-refractivity contribution in [3.8, 4) is 0 Å². The summed E-state index contributed by atoms with van der Waals surface area (Å²) in [6.07, 6.45) is 3.69. The maximum Gasteiger partial charge on any atom is 0.335 e. The lowest BCUT2D eigenvalue weighted by atomic mass is 9.97. The van der Waals surface area contributed by atoms with Crippen molar-refractivity contribution in [1.82, 2.24) is 14.9 Å². The number of nitrogens with one attached hydrogen (secondary N) is 1. The number of aromatic nitrogens is 2. The van der Waals surface area contributed by atoms with Gasteiger partial charge in [-0.05, 0) is 29.7 Å². The molecule has 0 fully saturated rings. The molecule has 20 heavy (non-hydrogen) atoms. The van der Waals surface area contributed by atoms with Crippen LogP contribution in [-0.4, -0.2) is 38.4 Å². The van der Waals surface area contributed by atoms with Crippen LogP contribution in [0, 0.1) is 0 Å². The Bertz CT molecular complexity index is 664. The van der Waals surface area contributed by atoms with Crippen LogP contribution in [0.25, 0.3) is 0 Å². The number of aromatic amines is 1. The molecule has 0 unspecified atom stereocenters. The van der Waals surface area contributed by atoms with Crippen molar-refractivity contribution in [3.05, 3.63) is 53.1 Å². The zero-order chi connectivity index (χ0) is 14.1. The number of hydrogen-bond acceptors (Lipinski definition) is 3. The molecule has 2 heterocycles. The zero-order valence-corrected chi connectivity index (χ0v) is 10.7. The maximum atomic E-state index is 12.2. The van der Waals surface area contributed by atoms with Crippen LogP contribution in [0.2, 0.25) is 0 Å². The number of rotatable bonds is 2. The summed E-state index contributed by atoms with van der Waals surface area (Å²) in [7, 11) is 0. The van der Waals surface area contributed by atoms with Gasteiger partial charge in [-0.15, -0.1) is 0 Å². The van der Waals surface area contributed by atoms with Crippen molar-refractivity contribution in [2.75, 3.05) is 6.54 Å². The third-order valence-electron chi connectivity index (χ3n) is 3.48. The highest BCUT2D eigenvalue weighted by molar-refractivity contribution is 5.92. The highest BCUT2D eigenvalue weighted by atomic mass is 16.4. The quantitative estimate of drug-likeness (QED) is 0.862. The molecule has 0 saturated carbocycles. The summed E-state index contributed by atoms with van der Waals surface area (Å²) in [5.74, 6) is -1.07. The van der Waals surface area contributed by atoms with Crippen molar-refractivity contribution in [3.63, 3.8) is 0 Å². The fourth-order valence-electron chi connectivity index (χ4n) is 2.41. The molecular formula is C14H13N3O3. The molecule has 0 bridgehead atoms. The van der Waals surface area contributed by atoms with Crippen molar-refractivity contribution in [2.45, 2.75) is 13.0 Å². The van der Waals surface area contributed by atoms with E-state index in [9.17, 15) is 9.59 Å². The number of aromatic carboxylic acids is 1. The van der Waals surface area contributed by atoms with Crippen molar-refractivity contribution < 1.29 is 14.7 Å². The summed E-state index contributed by atoms with van der Waals surface area (Å²) in [6.45, 7) is 1.05. The van der Waals surface area contributed by atoms with Gasteiger partial charge in [-0.1, -0.05) is 6.07 Å². The van der Waals surface area contributed by atoms with Crippen LogP contribution in [0.15, 0.2) is 30.7 Å². The molecule has 102 valence electrons. The van der Waals surface area contributed by atoms with E-state index < -0.39 is 5.97 Å². The zero-order valence-electron chi connectivity index (χ0n) is 10.7. The number of carboxylic acid groups (broad SMARTS) is 1. The number of hydrogen-bond donors (Lipinski definition) is 2. The summed E-state index contributed by atoms with van der Waals surface area (Å²) in [5, 5.41) is 9.02. The second kappa shape index (κ2) is 4.80. The minimum Gasteiger partial charge on any atom is -0.478 e. The molecule has 3 rings (SSSR count). The van der Waals surface area contributed by atoms with Gasteiger partial charge in [0.05, 0.1) is 18.1 Å². The minimum absolute atomic E-state index is 0.117. The molecule has 0 saturated heterocycles. The summed E-state index contributed by atoms with van der Waals surface area (Å²) in [5.41, 5.74) is 2.69. The first-order chi connectivity index (χ1) is 9.65. The topological polar surface area (TPSA) is 86.3 Å². The molecule has 6 heteroatoms.